The summed E-state index contributed by atoms with van der Waals surface area (Å²) < 4.78 is 31.3. The predicted molar refractivity (Wildman–Crippen MR) is 99.5 cm³/mol. The summed E-state index contributed by atoms with van der Waals surface area (Å²) in [6.45, 7) is 5.35. The van der Waals surface area contributed by atoms with Crippen molar-refractivity contribution in [3.05, 3.63) is 35.4 Å². The first-order chi connectivity index (χ1) is 12.0. The molecule has 8 heteroatoms. The number of amidine groups is 1. The van der Waals surface area contributed by atoms with E-state index in [4.69, 9.17) is 10.1 Å². The van der Waals surface area contributed by atoms with Crippen LogP contribution in [0.3, 0.4) is 0 Å². The predicted octanol–water partition coefficient (Wildman–Crippen LogP) is 2.64. The van der Waals surface area contributed by atoms with Gasteiger partial charge in [0.1, 0.15) is 11.4 Å². The molecule has 0 unspecified atom stereocenters. The van der Waals surface area contributed by atoms with Crippen molar-refractivity contribution in [2.45, 2.75) is 39.2 Å². The first kappa shape index (κ1) is 21.7. The third-order valence-electron chi connectivity index (χ3n) is 2.78. The van der Waals surface area contributed by atoms with E-state index in [0.717, 1.165) is 11.8 Å². The van der Waals surface area contributed by atoms with Crippen LogP contribution in [-0.2, 0) is 19.0 Å². The number of hydrogen-bond acceptors (Lipinski definition) is 6. The molecule has 0 bridgehead atoms. The van der Waals surface area contributed by atoms with Crippen LogP contribution in [0.25, 0.3) is 0 Å². The van der Waals surface area contributed by atoms with Crippen LogP contribution >= 0.6 is 0 Å². The summed E-state index contributed by atoms with van der Waals surface area (Å²) in [4.78, 5) is 11.7. The first-order valence-electron chi connectivity index (χ1n) is 7.98. The van der Waals surface area contributed by atoms with Crippen molar-refractivity contribution in [1.29, 1.82) is 5.41 Å². The van der Waals surface area contributed by atoms with Crippen molar-refractivity contribution >= 4 is 22.0 Å². The Morgan fingerprint density at radius 3 is 2.38 bits per heavy atom. The topological polar surface area (TPSA) is 106 Å². The number of benzene rings is 1. The summed E-state index contributed by atoms with van der Waals surface area (Å²) in [6, 6.07) is 6.83. The molecule has 0 aromatic heterocycles. The largest absolute Gasteiger partial charge is 0.444 e. The van der Waals surface area contributed by atoms with Crippen LogP contribution in [0.15, 0.2) is 24.3 Å². The molecular weight excluding hydrogens is 356 g/mol. The highest BCUT2D eigenvalue weighted by Gasteiger charge is 2.17. The molecule has 0 fully saturated rings. The Hall–Kier alpha value is -2.37. The van der Waals surface area contributed by atoms with Crippen LogP contribution in [0.2, 0.25) is 0 Å². The molecule has 0 spiro atoms. The molecule has 0 aliphatic carbocycles. The molecule has 142 valence electrons. The molecule has 0 saturated heterocycles. The van der Waals surface area contributed by atoms with Gasteiger partial charge in [0.15, 0.2) is 0 Å². The second kappa shape index (κ2) is 9.36. The normalized spacial score (nSPS) is 11.2. The van der Waals surface area contributed by atoms with Gasteiger partial charge in [0, 0.05) is 17.5 Å². The Labute approximate surface area is 154 Å². The summed E-state index contributed by atoms with van der Waals surface area (Å²) in [5.74, 6) is 5.81. The van der Waals surface area contributed by atoms with E-state index in [0.29, 0.717) is 18.4 Å². The molecule has 0 aliphatic heterocycles. The zero-order valence-electron chi connectivity index (χ0n) is 15.4. The summed E-state index contributed by atoms with van der Waals surface area (Å²) in [6.07, 6.45) is 1.36. The van der Waals surface area contributed by atoms with Gasteiger partial charge in [-0.25, -0.2) is 4.79 Å². The standard InChI is InChI=1S/C18H24N2O5S/c1-18(2,3)25-17(21)20-16(19)15-11-9-14(10-12-15)8-6-5-7-13-24-26(4,22)23/h9-12H,5,7,13H2,1-4H3,(H2,19,20,21). The van der Waals surface area contributed by atoms with Crippen molar-refractivity contribution in [2.75, 3.05) is 12.9 Å². The van der Waals surface area contributed by atoms with Gasteiger partial charge in [-0.15, -0.1) is 0 Å². The van der Waals surface area contributed by atoms with Crippen molar-refractivity contribution in [3.8, 4) is 11.8 Å². The highest BCUT2D eigenvalue weighted by Crippen LogP contribution is 2.08. The van der Waals surface area contributed by atoms with Crippen LogP contribution in [0, 0.1) is 17.3 Å². The first-order valence-corrected chi connectivity index (χ1v) is 9.80. The molecule has 0 heterocycles. The maximum atomic E-state index is 11.7. The van der Waals surface area contributed by atoms with Crippen LogP contribution in [0.5, 0.6) is 0 Å². The molecule has 1 aromatic rings. The molecule has 26 heavy (non-hydrogen) atoms. The molecule has 1 aromatic carbocycles. The third-order valence-corrected chi connectivity index (χ3v) is 3.37. The number of rotatable bonds is 5. The van der Waals surface area contributed by atoms with Crippen LogP contribution in [-0.4, -0.2) is 38.8 Å². The van der Waals surface area contributed by atoms with Crippen molar-refractivity contribution in [2.24, 2.45) is 0 Å². The van der Waals surface area contributed by atoms with E-state index in [2.05, 4.69) is 21.3 Å². The van der Waals surface area contributed by atoms with Crippen LogP contribution in [0.4, 0.5) is 4.79 Å². The van der Waals surface area contributed by atoms with E-state index in [1.807, 2.05) is 0 Å². The number of ether oxygens (including phenoxy) is 1. The number of amides is 1. The van der Waals surface area contributed by atoms with Crippen LogP contribution < -0.4 is 5.32 Å². The lowest BCUT2D eigenvalue weighted by Gasteiger charge is -2.19. The van der Waals surface area contributed by atoms with Gasteiger partial charge >= 0.3 is 6.09 Å². The Bertz CT molecular complexity index is 797. The number of nitrogens with one attached hydrogen (secondary N) is 2. The lowest BCUT2D eigenvalue weighted by atomic mass is 10.1. The SMILES string of the molecule is CC(C)(C)OC(=O)NC(=N)c1ccc(C#CCCCOS(C)(=O)=O)cc1. The molecule has 1 rings (SSSR count). The maximum Gasteiger partial charge on any atom is 0.413 e. The van der Waals surface area contributed by atoms with Gasteiger partial charge in [-0.1, -0.05) is 24.0 Å². The molecule has 0 atom stereocenters. The Balaban J connectivity index is 2.49. The van der Waals surface area contributed by atoms with Gasteiger partial charge in [-0.2, -0.15) is 8.42 Å². The Morgan fingerprint density at radius 1 is 1.23 bits per heavy atom. The highest BCUT2D eigenvalue weighted by molar-refractivity contribution is 7.85. The van der Waals surface area contributed by atoms with E-state index in [9.17, 15) is 13.2 Å². The summed E-state index contributed by atoms with van der Waals surface area (Å²) in [5.41, 5.74) is 0.654. The second-order valence-corrected chi connectivity index (χ2v) is 8.15. The minimum Gasteiger partial charge on any atom is -0.444 e. The lowest BCUT2D eigenvalue weighted by Crippen LogP contribution is -2.36. The van der Waals surface area contributed by atoms with Crippen molar-refractivity contribution in [1.82, 2.24) is 5.32 Å². The average molecular weight is 380 g/mol. The minimum absolute atomic E-state index is 0.0586. The fourth-order valence-corrected chi connectivity index (χ4v) is 2.15. The number of carbonyl (C=O) groups excluding carboxylic acids is 1. The lowest BCUT2D eigenvalue weighted by molar-refractivity contribution is 0.0563. The van der Waals surface area contributed by atoms with E-state index in [-0.39, 0.29) is 12.4 Å². The number of unbranched alkanes of at least 4 members (excludes halogenated alkanes) is 1. The quantitative estimate of drug-likeness (QED) is 0.269. The monoisotopic (exact) mass is 380 g/mol. The Kier molecular flexibility index (Phi) is 7.80. The van der Waals surface area contributed by atoms with Gasteiger partial charge in [-0.05, 0) is 39.3 Å². The molecule has 7 nitrogen and oxygen atoms in total. The fraction of sp³-hybridized carbons (Fsp3) is 0.444. The molecular formula is C18H24N2O5S. The van der Waals surface area contributed by atoms with Crippen LogP contribution in [0.1, 0.15) is 44.7 Å². The number of hydrogen-bond donors (Lipinski definition) is 2. The van der Waals surface area contributed by atoms with Gasteiger partial charge in [0.25, 0.3) is 10.1 Å². The van der Waals surface area contributed by atoms with Crippen molar-refractivity contribution in [3.63, 3.8) is 0 Å². The Morgan fingerprint density at radius 2 is 1.85 bits per heavy atom. The van der Waals surface area contributed by atoms with Gasteiger partial charge < -0.3 is 4.74 Å². The summed E-state index contributed by atoms with van der Waals surface area (Å²) >= 11 is 0. The second-order valence-electron chi connectivity index (χ2n) is 6.51. The average Bonchev–Trinajstić information content (AvgIpc) is 2.48. The summed E-state index contributed by atoms with van der Waals surface area (Å²) in [7, 11) is -3.40. The van der Waals surface area contributed by atoms with E-state index < -0.39 is 21.8 Å². The van der Waals surface area contributed by atoms with Crippen molar-refractivity contribution < 1.29 is 22.1 Å². The number of carbonyl (C=O) groups is 1. The zero-order valence-corrected chi connectivity index (χ0v) is 16.2. The fourth-order valence-electron chi connectivity index (χ4n) is 1.73. The summed E-state index contributed by atoms with van der Waals surface area (Å²) in [5, 5.41) is 10.3. The number of alkyl carbamates (subject to hydrolysis) is 1. The molecule has 2 N–H and O–H groups in total. The zero-order chi connectivity index (χ0) is 19.8. The minimum atomic E-state index is -3.40. The van der Waals surface area contributed by atoms with Gasteiger partial charge in [0.2, 0.25) is 0 Å². The van der Waals surface area contributed by atoms with Gasteiger partial charge in [0.05, 0.1) is 12.9 Å². The van der Waals surface area contributed by atoms with E-state index in [1.165, 1.54) is 0 Å². The third kappa shape index (κ3) is 9.81. The van der Waals surface area contributed by atoms with Gasteiger partial charge in [-0.3, -0.25) is 14.9 Å². The maximum absolute atomic E-state index is 11.7. The highest BCUT2D eigenvalue weighted by atomic mass is 32.2. The van der Waals surface area contributed by atoms with E-state index >= 15 is 0 Å². The smallest absolute Gasteiger partial charge is 0.413 e. The molecule has 0 radical (unpaired) electrons. The molecule has 1 amide bonds. The van der Waals surface area contributed by atoms with E-state index in [1.54, 1.807) is 45.0 Å². The molecule has 0 aliphatic rings. The molecule has 0 saturated carbocycles.